The second kappa shape index (κ2) is 6.53. The van der Waals surface area contributed by atoms with E-state index in [1.165, 1.54) is 22.7 Å². The van der Waals surface area contributed by atoms with Crippen molar-refractivity contribution in [1.82, 2.24) is 9.62 Å². The smallest absolute Gasteiger partial charge is 0.224 e. The van der Waals surface area contributed by atoms with Gasteiger partial charge in [-0.3, -0.25) is 4.79 Å². The summed E-state index contributed by atoms with van der Waals surface area (Å²) in [5.74, 6) is -0.623. The molecule has 2 rings (SSSR count). The summed E-state index contributed by atoms with van der Waals surface area (Å²) >= 11 is 0. The summed E-state index contributed by atoms with van der Waals surface area (Å²) in [6.45, 7) is 0.538. The van der Waals surface area contributed by atoms with E-state index in [1.54, 1.807) is 12.1 Å². The fourth-order valence-electron chi connectivity index (χ4n) is 2.18. The van der Waals surface area contributed by atoms with Crippen molar-refractivity contribution in [2.24, 2.45) is 0 Å². The Kier molecular flexibility index (Phi) is 4.95. The van der Waals surface area contributed by atoms with Crippen molar-refractivity contribution in [3.63, 3.8) is 0 Å². The van der Waals surface area contributed by atoms with Gasteiger partial charge in [-0.2, -0.15) is 4.31 Å². The van der Waals surface area contributed by atoms with E-state index < -0.39 is 10.0 Å². The number of nitrogens with one attached hydrogen (secondary N) is 1. The zero-order valence-corrected chi connectivity index (χ0v) is 12.7. The number of halogens is 1. The van der Waals surface area contributed by atoms with Gasteiger partial charge in [-0.1, -0.05) is 12.1 Å². The highest BCUT2D eigenvalue weighted by atomic mass is 32.2. The monoisotopic (exact) mass is 314 g/mol. The number of carbonyl (C=O) groups is 1. The van der Waals surface area contributed by atoms with Crippen LogP contribution in [0.4, 0.5) is 4.39 Å². The Morgan fingerprint density at radius 3 is 2.71 bits per heavy atom. The lowest BCUT2D eigenvalue weighted by molar-refractivity contribution is -0.120. The summed E-state index contributed by atoms with van der Waals surface area (Å²) in [7, 11) is -3.23. The first-order valence-corrected chi connectivity index (χ1v) is 8.69. The molecule has 1 fully saturated rings. The summed E-state index contributed by atoms with van der Waals surface area (Å²) in [5, 5.41) is 2.67. The maximum Gasteiger partial charge on any atom is 0.224 e. The molecule has 1 aromatic rings. The third kappa shape index (κ3) is 5.09. The van der Waals surface area contributed by atoms with Crippen LogP contribution < -0.4 is 5.32 Å². The highest BCUT2D eigenvalue weighted by Gasteiger charge is 2.34. The van der Waals surface area contributed by atoms with Gasteiger partial charge in [0.25, 0.3) is 0 Å². The van der Waals surface area contributed by atoms with Gasteiger partial charge in [-0.05, 0) is 30.5 Å². The van der Waals surface area contributed by atoms with Crippen LogP contribution in [0.25, 0.3) is 0 Å². The summed E-state index contributed by atoms with van der Waals surface area (Å²) in [6.07, 6.45) is 3.02. The van der Waals surface area contributed by atoms with Crippen LogP contribution in [0.5, 0.6) is 0 Å². The minimum Gasteiger partial charge on any atom is -0.354 e. The number of nitrogens with zero attached hydrogens (tertiary/aromatic N) is 1. The number of hydrogen-bond acceptors (Lipinski definition) is 3. The second-order valence-corrected chi connectivity index (χ2v) is 7.20. The first kappa shape index (κ1) is 15.9. The summed E-state index contributed by atoms with van der Waals surface area (Å²) in [6, 6.07) is 5.94. The van der Waals surface area contributed by atoms with Crippen LogP contribution in [0.1, 0.15) is 18.4 Å². The van der Waals surface area contributed by atoms with Crippen molar-refractivity contribution in [3.8, 4) is 0 Å². The molecule has 1 aliphatic carbocycles. The molecular weight excluding hydrogens is 295 g/mol. The Labute approximate surface area is 124 Å². The topological polar surface area (TPSA) is 66.5 Å². The third-order valence-corrected chi connectivity index (χ3v) is 4.62. The molecule has 0 heterocycles. The highest BCUT2D eigenvalue weighted by molar-refractivity contribution is 7.88. The molecule has 0 bridgehead atoms. The van der Waals surface area contributed by atoms with Crippen molar-refractivity contribution in [3.05, 3.63) is 35.6 Å². The van der Waals surface area contributed by atoms with Crippen molar-refractivity contribution in [1.29, 1.82) is 0 Å². The molecule has 7 heteroatoms. The van der Waals surface area contributed by atoms with Gasteiger partial charge in [0.15, 0.2) is 0 Å². The molecule has 0 aliphatic heterocycles. The van der Waals surface area contributed by atoms with E-state index in [-0.39, 0.29) is 37.3 Å². The van der Waals surface area contributed by atoms with Gasteiger partial charge in [0.1, 0.15) is 5.82 Å². The molecule has 1 amide bonds. The van der Waals surface area contributed by atoms with Crippen LogP contribution in [0, 0.1) is 5.82 Å². The molecule has 0 atom stereocenters. The van der Waals surface area contributed by atoms with Gasteiger partial charge in [-0.25, -0.2) is 12.8 Å². The van der Waals surface area contributed by atoms with Gasteiger partial charge in [0, 0.05) is 19.1 Å². The lowest BCUT2D eigenvalue weighted by Crippen LogP contribution is -2.39. The van der Waals surface area contributed by atoms with Crippen LogP contribution in [0.2, 0.25) is 0 Å². The molecule has 1 saturated carbocycles. The molecule has 1 N–H and O–H groups in total. The number of carbonyl (C=O) groups excluding carboxylic acids is 1. The molecule has 0 radical (unpaired) electrons. The maximum atomic E-state index is 13.0. The lowest BCUT2D eigenvalue weighted by Gasteiger charge is -2.19. The van der Waals surface area contributed by atoms with Crippen LogP contribution >= 0.6 is 0 Å². The molecule has 21 heavy (non-hydrogen) atoms. The van der Waals surface area contributed by atoms with Crippen LogP contribution in [-0.2, 0) is 21.2 Å². The molecular formula is C14H19FN2O3S. The Morgan fingerprint density at radius 1 is 1.43 bits per heavy atom. The molecule has 0 aromatic heterocycles. The summed E-state index contributed by atoms with van der Waals surface area (Å²) in [5.41, 5.74) is 0.592. The molecule has 0 saturated heterocycles. The fourth-order valence-corrected chi connectivity index (χ4v) is 3.36. The van der Waals surface area contributed by atoms with E-state index in [9.17, 15) is 17.6 Å². The normalized spacial score (nSPS) is 15.2. The standard InChI is InChI=1S/C14H19FN2O3S/c1-21(19,20)17(13-5-6-13)8-7-16-14(18)10-11-3-2-4-12(15)9-11/h2-4,9,13H,5-8,10H2,1H3,(H,16,18). The Morgan fingerprint density at radius 2 is 2.14 bits per heavy atom. The summed E-state index contributed by atoms with van der Waals surface area (Å²) < 4.78 is 37.6. The largest absolute Gasteiger partial charge is 0.354 e. The zero-order chi connectivity index (χ0) is 15.5. The average molecular weight is 314 g/mol. The van der Waals surface area contributed by atoms with E-state index in [0.29, 0.717) is 5.56 Å². The SMILES string of the molecule is CS(=O)(=O)N(CCNC(=O)Cc1cccc(F)c1)C1CC1. The maximum absolute atomic E-state index is 13.0. The minimum atomic E-state index is -3.23. The lowest BCUT2D eigenvalue weighted by atomic mass is 10.1. The molecule has 5 nitrogen and oxygen atoms in total. The van der Waals surface area contributed by atoms with Crippen LogP contribution in [-0.4, -0.2) is 44.0 Å². The predicted molar refractivity (Wildman–Crippen MR) is 77.7 cm³/mol. The number of sulfonamides is 1. The number of amides is 1. The Balaban J connectivity index is 1.79. The van der Waals surface area contributed by atoms with E-state index in [1.807, 2.05) is 0 Å². The average Bonchev–Trinajstić information content (AvgIpc) is 3.17. The Bertz CT molecular complexity index is 614. The molecule has 0 spiro atoms. The minimum absolute atomic E-state index is 0.0834. The van der Waals surface area contributed by atoms with E-state index in [0.717, 1.165) is 12.8 Å². The van der Waals surface area contributed by atoms with Crippen LogP contribution in [0.15, 0.2) is 24.3 Å². The van der Waals surface area contributed by atoms with Gasteiger partial charge in [0.05, 0.1) is 12.7 Å². The van der Waals surface area contributed by atoms with E-state index in [4.69, 9.17) is 0 Å². The molecule has 116 valence electrons. The second-order valence-electron chi connectivity index (χ2n) is 5.26. The summed E-state index contributed by atoms with van der Waals surface area (Å²) in [4.78, 5) is 11.7. The van der Waals surface area contributed by atoms with Gasteiger partial charge in [-0.15, -0.1) is 0 Å². The number of hydrogen-bond donors (Lipinski definition) is 1. The Hall–Kier alpha value is -1.47. The molecule has 0 unspecified atom stereocenters. The van der Waals surface area contributed by atoms with E-state index in [2.05, 4.69) is 5.32 Å². The van der Waals surface area contributed by atoms with Crippen molar-refractivity contribution in [2.45, 2.75) is 25.3 Å². The fraction of sp³-hybridized carbons (Fsp3) is 0.500. The first-order chi connectivity index (χ1) is 9.86. The van der Waals surface area contributed by atoms with Gasteiger partial charge >= 0.3 is 0 Å². The van der Waals surface area contributed by atoms with Crippen molar-refractivity contribution >= 4 is 15.9 Å². The molecule has 1 aliphatic rings. The van der Waals surface area contributed by atoms with Gasteiger partial charge in [0.2, 0.25) is 15.9 Å². The van der Waals surface area contributed by atoms with Crippen molar-refractivity contribution < 1.29 is 17.6 Å². The predicted octanol–water partition coefficient (Wildman–Crippen LogP) is 0.908. The van der Waals surface area contributed by atoms with E-state index >= 15 is 0 Å². The number of benzene rings is 1. The zero-order valence-electron chi connectivity index (χ0n) is 11.9. The highest BCUT2D eigenvalue weighted by Crippen LogP contribution is 2.28. The van der Waals surface area contributed by atoms with Crippen LogP contribution in [0.3, 0.4) is 0 Å². The first-order valence-electron chi connectivity index (χ1n) is 6.84. The third-order valence-electron chi connectivity index (χ3n) is 3.29. The quantitative estimate of drug-likeness (QED) is 0.813. The van der Waals surface area contributed by atoms with Gasteiger partial charge < -0.3 is 5.32 Å². The molecule has 1 aromatic carbocycles. The van der Waals surface area contributed by atoms with Crippen molar-refractivity contribution in [2.75, 3.05) is 19.3 Å². The number of rotatable bonds is 7.